The average molecular weight is 416 g/mol. The molecule has 1 aliphatic heterocycles. The molecular formula is C20H18BrNO4. The van der Waals surface area contributed by atoms with E-state index in [1.807, 2.05) is 30.3 Å². The van der Waals surface area contributed by atoms with Crippen molar-refractivity contribution in [3.05, 3.63) is 75.8 Å². The molecule has 0 radical (unpaired) electrons. The Morgan fingerprint density at radius 1 is 1.12 bits per heavy atom. The van der Waals surface area contributed by atoms with Crippen LogP contribution in [-0.4, -0.2) is 42.0 Å². The van der Waals surface area contributed by atoms with Crippen LogP contribution >= 0.6 is 15.9 Å². The van der Waals surface area contributed by atoms with E-state index >= 15 is 0 Å². The summed E-state index contributed by atoms with van der Waals surface area (Å²) in [5, 5.41) is 10.8. The lowest BCUT2D eigenvalue weighted by molar-refractivity contribution is -0.140. The Balaban J connectivity index is 2.15. The third-order valence-corrected chi connectivity index (χ3v) is 4.84. The summed E-state index contributed by atoms with van der Waals surface area (Å²) in [6.45, 7) is 0.554. The fourth-order valence-corrected chi connectivity index (χ4v) is 3.31. The number of rotatable bonds is 5. The Bertz CT molecular complexity index is 846. The first-order valence-electron chi connectivity index (χ1n) is 8.13. The first-order chi connectivity index (χ1) is 12.5. The topological polar surface area (TPSA) is 66.8 Å². The monoisotopic (exact) mass is 415 g/mol. The maximum Gasteiger partial charge on any atom is 0.295 e. The van der Waals surface area contributed by atoms with E-state index in [0.29, 0.717) is 12.2 Å². The van der Waals surface area contributed by atoms with Crippen LogP contribution in [-0.2, 0) is 14.3 Å². The molecule has 0 bridgehead atoms. The van der Waals surface area contributed by atoms with Gasteiger partial charge in [-0.2, -0.15) is 0 Å². The van der Waals surface area contributed by atoms with E-state index in [-0.39, 0.29) is 17.9 Å². The zero-order valence-corrected chi connectivity index (χ0v) is 15.8. The minimum Gasteiger partial charge on any atom is -0.507 e. The Hall–Kier alpha value is -2.44. The van der Waals surface area contributed by atoms with Crippen LogP contribution in [0.3, 0.4) is 0 Å². The van der Waals surface area contributed by atoms with Crippen molar-refractivity contribution in [2.45, 2.75) is 6.04 Å². The molecule has 1 saturated heterocycles. The van der Waals surface area contributed by atoms with Crippen LogP contribution in [0.5, 0.6) is 0 Å². The second kappa shape index (κ2) is 7.85. The Labute approximate surface area is 160 Å². The highest BCUT2D eigenvalue weighted by molar-refractivity contribution is 9.10. The molecule has 0 aliphatic carbocycles. The molecule has 1 N–H and O–H groups in total. The van der Waals surface area contributed by atoms with Crippen LogP contribution < -0.4 is 0 Å². The van der Waals surface area contributed by atoms with Gasteiger partial charge in [0.15, 0.2) is 0 Å². The fourth-order valence-electron chi connectivity index (χ4n) is 3.04. The van der Waals surface area contributed by atoms with Gasteiger partial charge in [0.2, 0.25) is 0 Å². The second-order valence-electron chi connectivity index (χ2n) is 5.90. The van der Waals surface area contributed by atoms with Gasteiger partial charge in [-0.1, -0.05) is 58.4 Å². The highest BCUT2D eigenvalue weighted by Gasteiger charge is 2.45. The Kier molecular flexibility index (Phi) is 5.54. The number of hydrogen-bond donors (Lipinski definition) is 1. The predicted molar refractivity (Wildman–Crippen MR) is 101 cm³/mol. The SMILES string of the molecule is COCCN1C(=O)C(=O)C(=C(O)c2ccccc2)[C@H]1c1ccc(Br)cc1. The highest BCUT2D eigenvalue weighted by atomic mass is 79.9. The van der Waals surface area contributed by atoms with Gasteiger partial charge in [-0.25, -0.2) is 0 Å². The van der Waals surface area contributed by atoms with Crippen LogP contribution in [0.1, 0.15) is 17.2 Å². The van der Waals surface area contributed by atoms with Gasteiger partial charge in [0.1, 0.15) is 5.76 Å². The molecule has 5 nitrogen and oxygen atoms in total. The summed E-state index contributed by atoms with van der Waals surface area (Å²) in [5.41, 5.74) is 1.35. The third-order valence-electron chi connectivity index (χ3n) is 4.31. The lowest BCUT2D eigenvalue weighted by atomic mass is 9.95. The summed E-state index contributed by atoms with van der Waals surface area (Å²) >= 11 is 3.39. The minimum atomic E-state index is -0.685. The average Bonchev–Trinajstić information content (AvgIpc) is 2.91. The number of Topliss-reactive ketones (excluding diaryl/α,β-unsaturated/α-hetero) is 1. The molecule has 0 saturated carbocycles. The molecule has 2 aromatic carbocycles. The largest absolute Gasteiger partial charge is 0.507 e. The number of hydrogen-bond acceptors (Lipinski definition) is 4. The van der Waals surface area contributed by atoms with Crippen molar-refractivity contribution in [3.8, 4) is 0 Å². The van der Waals surface area contributed by atoms with E-state index < -0.39 is 17.7 Å². The normalized spacial score (nSPS) is 19.2. The summed E-state index contributed by atoms with van der Waals surface area (Å²) in [7, 11) is 1.54. The van der Waals surface area contributed by atoms with E-state index in [1.165, 1.54) is 12.0 Å². The molecule has 6 heteroatoms. The van der Waals surface area contributed by atoms with Gasteiger partial charge in [0.05, 0.1) is 18.2 Å². The number of ketones is 1. The van der Waals surface area contributed by atoms with Crippen molar-refractivity contribution in [3.63, 3.8) is 0 Å². The van der Waals surface area contributed by atoms with Gasteiger partial charge in [-0.3, -0.25) is 9.59 Å². The zero-order valence-electron chi connectivity index (χ0n) is 14.2. The number of carbonyl (C=O) groups excluding carboxylic acids is 2. The number of likely N-dealkylation sites (tertiary alicyclic amines) is 1. The molecule has 1 heterocycles. The highest BCUT2D eigenvalue weighted by Crippen LogP contribution is 2.39. The minimum absolute atomic E-state index is 0.0969. The molecule has 1 atom stereocenters. The smallest absolute Gasteiger partial charge is 0.295 e. The Morgan fingerprint density at radius 3 is 2.38 bits per heavy atom. The van der Waals surface area contributed by atoms with Gasteiger partial charge in [0.25, 0.3) is 11.7 Å². The molecule has 134 valence electrons. The number of ether oxygens (including phenoxy) is 1. The lowest BCUT2D eigenvalue weighted by Crippen LogP contribution is -2.32. The fraction of sp³-hybridized carbons (Fsp3) is 0.200. The Morgan fingerprint density at radius 2 is 1.77 bits per heavy atom. The summed E-state index contributed by atoms with van der Waals surface area (Å²) in [4.78, 5) is 26.7. The van der Waals surface area contributed by atoms with Crippen LogP contribution in [0.4, 0.5) is 0 Å². The van der Waals surface area contributed by atoms with Gasteiger partial charge in [-0.05, 0) is 17.7 Å². The summed E-state index contributed by atoms with van der Waals surface area (Å²) < 4.78 is 5.97. The zero-order chi connectivity index (χ0) is 18.7. The van der Waals surface area contributed by atoms with Crippen molar-refractivity contribution in [1.29, 1.82) is 0 Å². The van der Waals surface area contributed by atoms with E-state index in [1.54, 1.807) is 24.3 Å². The van der Waals surface area contributed by atoms with Crippen molar-refractivity contribution in [1.82, 2.24) is 4.90 Å². The molecule has 0 aromatic heterocycles. The third kappa shape index (κ3) is 3.43. The van der Waals surface area contributed by atoms with Gasteiger partial charge in [-0.15, -0.1) is 0 Å². The lowest BCUT2D eigenvalue weighted by Gasteiger charge is -2.25. The molecule has 1 aliphatic rings. The number of methoxy groups -OCH3 is 1. The first-order valence-corrected chi connectivity index (χ1v) is 8.92. The maximum absolute atomic E-state index is 12.7. The quantitative estimate of drug-likeness (QED) is 0.460. The molecule has 1 amide bonds. The molecule has 0 unspecified atom stereocenters. The van der Waals surface area contributed by atoms with Crippen LogP contribution in [0.15, 0.2) is 64.6 Å². The van der Waals surface area contributed by atoms with Gasteiger partial charge < -0.3 is 14.7 Å². The van der Waals surface area contributed by atoms with Gasteiger partial charge in [0, 0.05) is 23.7 Å². The molecule has 0 spiro atoms. The number of carbonyl (C=O) groups is 2. The summed E-state index contributed by atoms with van der Waals surface area (Å²) in [6.07, 6.45) is 0. The predicted octanol–water partition coefficient (Wildman–Crippen LogP) is 3.52. The van der Waals surface area contributed by atoms with Crippen LogP contribution in [0.25, 0.3) is 5.76 Å². The van der Waals surface area contributed by atoms with Crippen LogP contribution in [0.2, 0.25) is 0 Å². The van der Waals surface area contributed by atoms with Gasteiger partial charge >= 0.3 is 0 Å². The molecule has 1 fully saturated rings. The summed E-state index contributed by atoms with van der Waals surface area (Å²) in [5.74, 6) is -1.49. The molecular weight excluding hydrogens is 398 g/mol. The van der Waals surface area contributed by atoms with E-state index in [2.05, 4.69) is 15.9 Å². The number of amides is 1. The van der Waals surface area contributed by atoms with E-state index in [0.717, 1.165) is 10.0 Å². The number of aliphatic hydroxyl groups excluding tert-OH is 1. The second-order valence-corrected chi connectivity index (χ2v) is 6.82. The van der Waals surface area contributed by atoms with E-state index in [4.69, 9.17) is 4.74 Å². The molecule has 26 heavy (non-hydrogen) atoms. The first kappa shape index (κ1) is 18.4. The number of benzene rings is 2. The molecule has 3 rings (SSSR count). The number of nitrogens with zero attached hydrogens (tertiary/aromatic N) is 1. The molecule has 2 aromatic rings. The number of halogens is 1. The standard InChI is InChI=1S/C20H18BrNO4/c1-26-12-11-22-17(13-7-9-15(21)10-8-13)16(19(24)20(22)25)18(23)14-5-3-2-4-6-14/h2-10,17,23H,11-12H2,1H3/t17-/m1/s1. The van der Waals surface area contributed by atoms with Crippen LogP contribution in [0, 0.1) is 0 Å². The maximum atomic E-state index is 12.7. The van der Waals surface area contributed by atoms with Crippen molar-refractivity contribution < 1.29 is 19.4 Å². The van der Waals surface area contributed by atoms with Crippen molar-refractivity contribution >= 4 is 33.4 Å². The number of aliphatic hydroxyl groups is 1. The van der Waals surface area contributed by atoms with Crippen molar-refractivity contribution in [2.24, 2.45) is 0 Å². The summed E-state index contributed by atoms with van der Waals surface area (Å²) in [6, 6.07) is 15.5. The van der Waals surface area contributed by atoms with Crippen molar-refractivity contribution in [2.75, 3.05) is 20.3 Å². The van der Waals surface area contributed by atoms with E-state index in [9.17, 15) is 14.7 Å².